The summed E-state index contributed by atoms with van der Waals surface area (Å²) in [5.41, 5.74) is 3.88. The minimum atomic E-state index is -1.07. The zero-order valence-corrected chi connectivity index (χ0v) is 22.2. The summed E-state index contributed by atoms with van der Waals surface area (Å²) in [7, 11) is 3.19. The molecule has 0 aliphatic heterocycles. The number of nitrogens with zero attached hydrogens (tertiary/aromatic N) is 3. The van der Waals surface area contributed by atoms with Crippen LogP contribution in [0.5, 0.6) is 0 Å². The molecule has 2 N–H and O–H groups in total. The zero-order chi connectivity index (χ0) is 26.7. The van der Waals surface area contributed by atoms with Gasteiger partial charge in [0.2, 0.25) is 0 Å². The highest BCUT2D eigenvalue weighted by Crippen LogP contribution is 2.41. The molecular formula is C28H32ClN5O4. The molecule has 200 valence electrons. The molecule has 2 unspecified atom stereocenters. The predicted molar refractivity (Wildman–Crippen MR) is 147 cm³/mol. The molecule has 0 spiro atoms. The van der Waals surface area contributed by atoms with Gasteiger partial charge in [-0.3, -0.25) is 10.1 Å². The van der Waals surface area contributed by atoms with Gasteiger partial charge in [0.15, 0.2) is 5.06 Å². The number of hydrogen-bond donors (Lipinski definition) is 2. The Morgan fingerprint density at radius 2 is 1.89 bits per heavy atom. The van der Waals surface area contributed by atoms with Crippen molar-refractivity contribution in [1.82, 2.24) is 14.7 Å². The van der Waals surface area contributed by atoms with Crippen molar-refractivity contribution in [2.45, 2.75) is 55.3 Å². The number of nitro groups is 1. The first kappa shape index (κ1) is 26.2. The lowest BCUT2D eigenvalue weighted by Gasteiger charge is -2.31. The highest BCUT2D eigenvalue weighted by molar-refractivity contribution is 6.25. The van der Waals surface area contributed by atoms with Gasteiger partial charge in [0.05, 0.1) is 23.6 Å². The van der Waals surface area contributed by atoms with Gasteiger partial charge in [-0.25, -0.2) is 4.98 Å². The van der Waals surface area contributed by atoms with Crippen molar-refractivity contribution in [3.63, 3.8) is 0 Å². The average Bonchev–Trinajstić information content (AvgIpc) is 3.35. The number of pyridine rings is 1. The maximum atomic E-state index is 10.8. The number of nitrogens with one attached hydrogen (secondary N) is 2. The number of nitro benzene ring substituents is 1. The molecule has 0 saturated heterocycles. The van der Waals surface area contributed by atoms with E-state index in [9.17, 15) is 10.1 Å². The number of rotatable bonds is 9. The Hall–Kier alpha value is -3.40. The lowest BCUT2D eigenvalue weighted by atomic mass is 9.91. The Labute approximate surface area is 226 Å². The number of hydrogen-bond acceptors (Lipinski definition) is 7. The lowest BCUT2D eigenvalue weighted by Crippen LogP contribution is -2.36. The Morgan fingerprint density at radius 1 is 1.16 bits per heavy atom. The summed E-state index contributed by atoms with van der Waals surface area (Å²) >= 11 is 6.79. The zero-order valence-electron chi connectivity index (χ0n) is 21.5. The standard InChI is InChI=1S/C28H32ClN5O4/c1-37-24-11-12-25(28(29,16-24)38-2)26-18-33-14-13-22(15-27(33)32-26)31-21-7-5-20(6-8-21)30-17-19-3-9-23(10-4-19)34(35)36/h3-4,9-16,18,20-21,25,30-31H,5-8,17H2,1-2H3. The SMILES string of the molecule is COC1=CC(Cl)(OC)C(c2cn3ccc(NC4CCC(NCc5ccc([N+](=O)[O-])cc5)CC4)cc3n2)C=C1. The molecular weight excluding hydrogens is 506 g/mol. The molecule has 0 bridgehead atoms. The summed E-state index contributed by atoms with van der Waals surface area (Å²) < 4.78 is 12.9. The van der Waals surface area contributed by atoms with E-state index in [1.807, 2.05) is 41.1 Å². The number of benzene rings is 1. The van der Waals surface area contributed by atoms with E-state index in [1.165, 1.54) is 0 Å². The molecule has 1 fully saturated rings. The third kappa shape index (κ3) is 5.70. The summed E-state index contributed by atoms with van der Waals surface area (Å²) in [5, 5.41) is 17.0. The fraction of sp³-hybridized carbons (Fsp3) is 0.393. The molecule has 10 heteroatoms. The first-order valence-corrected chi connectivity index (χ1v) is 13.2. The maximum absolute atomic E-state index is 10.8. The van der Waals surface area contributed by atoms with Crippen molar-refractivity contribution in [2.24, 2.45) is 0 Å². The van der Waals surface area contributed by atoms with Crippen LogP contribution in [0.15, 0.2) is 72.8 Å². The molecule has 1 aromatic carbocycles. The highest BCUT2D eigenvalue weighted by atomic mass is 35.5. The Bertz CT molecular complexity index is 1350. The first-order chi connectivity index (χ1) is 18.4. The Morgan fingerprint density at radius 3 is 2.58 bits per heavy atom. The number of non-ortho nitro benzene ring substituents is 1. The smallest absolute Gasteiger partial charge is 0.269 e. The van der Waals surface area contributed by atoms with Gasteiger partial charge in [-0.2, -0.15) is 0 Å². The fourth-order valence-corrected chi connectivity index (χ4v) is 5.48. The quantitative estimate of drug-likeness (QED) is 0.210. The summed E-state index contributed by atoms with van der Waals surface area (Å²) in [6.07, 6.45) is 13.9. The largest absolute Gasteiger partial charge is 0.497 e. The van der Waals surface area contributed by atoms with Crippen molar-refractivity contribution < 1.29 is 14.4 Å². The predicted octanol–water partition coefficient (Wildman–Crippen LogP) is 5.52. The molecule has 2 aliphatic carbocycles. The number of halogens is 1. The minimum absolute atomic E-state index is 0.121. The third-order valence-electron chi connectivity index (χ3n) is 7.40. The molecule has 9 nitrogen and oxygen atoms in total. The summed E-state index contributed by atoms with van der Waals surface area (Å²) in [5.74, 6) is 0.405. The van der Waals surface area contributed by atoms with Crippen LogP contribution in [0.4, 0.5) is 11.4 Å². The summed E-state index contributed by atoms with van der Waals surface area (Å²) in [4.78, 5) is 15.3. The molecule has 38 heavy (non-hydrogen) atoms. The van der Waals surface area contributed by atoms with Gasteiger partial charge in [0.1, 0.15) is 11.4 Å². The molecule has 5 rings (SSSR count). The van der Waals surface area contributed by atoms with Crippen molar-refractivity contribution in [3.05, 3.63) is 94.2 Å². The van der Waals surface area contributed by atoms with Crippen molar-refractivity contribution in [1.29, 1.82) is 0 Å². The van der Waals surface area contributed by atoms with Crippen molar-refractivity contribution >= 4 is 28.6 Å². The molecule has 2 aliphatic rings. The molecule has 2 aromatic heterocycles. The van der Waals surface area contributed by atoms with Crippen LogP contribution < -0.4 is 10.6 Å². The number of imidazole rings is 1. The van der Waals surface area contributed by atoms with Crippen LogP contribution in [-0.4, -0.2) is 45.7 Å². The second kappa shape index (κ2) is 11.1. The lowest BCUT2D eigenvalue weighted by molar-refractivity contribution is -0.384. The highest BCUT2D eigenvalue weighted by Gasteiger charge is 2.39. The van der Waals surface area contributed by atoms with Gasteiger partial charge in [-0.1, -0.05) is 29.8 Å². The fourth-order valence-electron chi connectivity index (χ4n) is 5.18. The van der Waals surface area contributed by atoms with Crippen molar-refractivity contribution in [2.75, 3.05) is 19.5 Å². The van der Waals surface area contributed by atoms with Crippen LogP contribution in [0.25, 0.3) is 5.65 Å². The summed E-state index contributed by atoms with van der Waals surface area (Å²) in [6.45, 7) is 0.713. The van der Waals surface area contributed by atoms with E-state index in [4.69, 9.17) is 26.1 Å². The van der Waals surface area contributed by atoms with Gasteiger partial charge < -0.3 is 24.5 Å². The van der Waals surface area contributed by atoms with Gasteiger partial charge in [0, 0.05) is 68.1 Å². The number of anilines is 1. The van der Waals surface area contributed by atoms with Crippen LogP contribution in [0, 0.1) is 10.1 Å². The first-order valence-electron chi connectivity index (χ1n) is 12.8. The number of methoxy groups -OCH3 is 2. The number of aromatic nitrogens is 2. The number of alkyl halides is 1. The van der Waals surface area contributed by atoms with Crippen LogP contribution in [0.1, 0.15) is 42.9 Å². The monoisotopic (exact) mass is 537 g/mol. The van der Waals surface area contributed by atoms with E-state index < -0.39 is 5.06 Å². The van der Waals surface area contributed by atoms with E-state index in [-0.39, 0.29) is 16.5 Å². The van der Waals surface area contributed by atoms with E-state index in [1.54, 1.807) is 32.4 Å². The van der Waals surface area contributed by atoms with E-state index in [0.717, 1.165) is 48.3 Å². The Balaban J connectivity index is 1.16. The molecule has 2 atom stereocenters. The average molecular weight is 538 g/mol. The van der Waals surface area contributed by atoms with E-state index >= 15 is 0 Å². The Kier molecular flexibility index (Phi) is 7.69. The molecule has 0 amide bonds. The van der Waals surface area contributed by atoms with Gasteiger partial charge >= 0.3 is 0 Å². The summed E-state index contributed by atoms with van der Waals surface area (Å²) in [6, 6.07) is 11.7. The van der Waals surface area contributed by atoms with Gasteiger partial charge in [-0.05, 0) is 43.4 Å². The molecule has 0 radical (unpaired) electrons. The van der Waals surface area contributed by atoms with E-state index in [2.05, 4.69) is 22.8 Å². The van der Waals surface area contributed by atoms with Gasteiger partial charge in [-0.15, -0.1) is 0 Å². The number of ether oxygens (including phenoxy) is 2. The third-order valence-corrected chi connectivity index (χ3v) is 7.90. The topological polar surface area (TPSA) is 103 Å². The molecule has 1 saturated carbocycles. The number of allylic oxidation sites excluding steroid dienone is 1. The second-order valence-electron chi connectivity index (χ2n) is 9.83. The van der Waals surface area contributed by atoms with Crippen LogP contribution in [-0.2, 0) is 16.0 Å². The maximum Gasteiger partial charge on any atom is 0.269 e. The van der Waals surface area contributed by atoms with Crippen molar-refractivity contribution in [3.8, 4) is 0 Å². The van der Waals surface area contributed by atoms with Gasteiger partial charge in [0.25, 0.3) is 5.69 Å². The second-order valence-corrected chi connectivity index (χ2v) is 10.4. The van der Waals surface area contributed by atoms with Crippen LogP contribution >= 0.6 is 11.6 Å². The molecule has 2 heterocycles. The number of fused-ring (bicyclic) bond motifs is 1. The minimum Gasteiger partial charge on any atom is -0.497 e. The normalized spacial score (nSPS) is 25.2. The van der Waals surface area contributed by atoms with E-state index in [0.29, 0.717) is 24.4 Å². The van der Waals surface area contributed by atoms with Crippen LogP contribution in [0.3, 0.4) is 0 Å². The molecule has 3 aromatic rings. The van der Waals surface area contributed by atoms with Crippen LogP contribution in [0.2, 0.25) is 0 Å².